The van der Waals surface area contributed by atoms with Crippen LogP contribution in [-0.2, 0) is 18.9 Å². The maximum atomic E-state index is 11.3. The summed E-state index contributed by atoms with van der Waals surface area (Å²) >= 11 is 0. The number of hydrogen-bond donors (Lipinski definition) is 0. The van der Waals surface area contributed by atoms with Gasteiger partial charge in [-0.05, 0) is 31.0 Å². The summed E-state index contributed by atoms with van der Waals surface area (Å²) in [5.74, 6) is -0.810. The van der Waals surface area contributed by atoms with Crippen molar-refractivity contribution in [2.24, 2.45) is 4.99 Å². The minimum absolute atomic E-state index is 0.0384. The smallest absolute Gasteiger partial charge is 0.489 e. The molecule has 0 spiro atoms. The van der Waals surface area contributed by atoms with Gasteiger partial charge in [0.25, 0.3) is 11.9 Å². The lowest BCUT2D eigenvalue weighted by molar-refractivity contribution is -0.139. The molecule has 0 fully saturated rings. The molecule has 1 atom stereocenters. The van der Waals surface area contributed by atoms with Gasteiger partial charge in [0.2, 0.25) is 0 Å². The van der Waals surface area contributed by atoms with Crippen LogP contribution in [-0.4, -0.2) is 25.0 Å². The monoisotopic (exact) mass is 395 g/mol. The van der Waals surface area contributed by atoms with Gasteiger partial charge < -0.3 is 14.0 Å². The van der Waals surface area contributed by atoms with Gasteiger partial charge in [0.05, 0.1) is 6.04 Å². The van der Waals surface area contributed by atoms with Crippen LogP contribution < -0.4 is 4.65 Å². The molecule has 0 saturated heterocycles. The third kappa shape index (κ3) is 7.10. The third-order valence-corrected chi connectivity index (χ3v) is 4.06. The largest absolute Gasteiger partial charge is 0.868 e. The number of rotatable bonds is 9. The van der Waals surface area contributed by atoms with Gasteiger partial charge in [-0.1, -0.05) is 55.8 Å². The van der Waals surface area contributed by atoms with E-state index in [9.17, 15) is 9.59 Å². The molecule has 0 aliphatic rings. The molecule has 0 aliphatic heterocycles. The minimum atomic E-state index is -1.46. The summed E-state index contributed by atoms with van der Waals surface area (Å²) in [7, 11) is -1.46. The van der Waals surface area contributed by atoms with Crippen molar-refractivity contribution >= 4 is 25.0 Å². The van der Waals surface area contributed by atoms with E-state index in [-0.39, 0.29) is 6.04 Å². The molecule has 0 unspecified atom stereocenters. The van der Waals surface area contributed by atoms with Crippen molar-refractivity contribution in [2.75, 3.05) is 0 Å². The van der Waals surface area contributed by atoms with E-state index in [0.29, 0.717) is 5.75 Å². The fourth-order valence-electron chi connectivity index (χ4n) is 2.80. The fourth-order valence-corrected chi connectivity index (χ4v) is 2.80. The van der Waals surface area contributed by atoms with Crippen molar-refractivity contribution in [1.29, 1.82) is 0 Å². The first-order chi connectivity index (χ1) is 13.9. The molecule has 0 bridgehead atoms. The molecule has 0 amide bonds. The number of hydrogen-bond acceptors (Lipinski definition) is 6. The molecule has 2 rings (SSSR count). The Kier molecular flexibility index (Phi) is 8.46. The maximum Gasteiger partial charge on any atom is 0.868 e. The molecule has 0 heterocycles. The molecular weight excluding hydrogens is 369 g/mol. The van der Waals surface area contributed by atoms with E-state index < -0.39 is 19.3 Å². The van der Waals surface area contributed by atoms with E-state index in [0.717, 1.165) is 29.7 Å². The number of carbonyl (C=O) groups excluding carboxylic acids is 2. The zero-order chi connectivity index (χ0) is 21.2. The summed E-state index contributed by atoms with van der Waals surface area (Å²) in [5, 5.41) is 0. The Morgan fingerprint density at radius 1 is 0.966 bits per heavy atom. The topological polar surface area (TPSA) is 74.2 Å². The first-order valence-electron chi connectivity index (χ1n) is 9.62. The highest BCUT2D eigenvalue weighted by Gasteiger charge is 2.33. The van der Waals surface area contributed by atoms with E-state index >= 15 is 0 Å². The summed E-state index contributed by atoms with van der Waals surface area (Å²) in [6.45, 7) is 6.55. The molecule has 152 valence electrons. The first kappa shape index (κ1) is 22.2. The molecule has 6 nitrogen and oxygen atoms in total. The zero-order valence-electron chi connectivity index (χ0n) is 17.3. The Labute approximate surface area is 172 Å². The highest BCUT2D eigenvalue weighted by Crippen LogP contribution is 2.25. The normalized spacial score (nSPS) is 12.1. The lowest BCUT2D eigenvalue weighted by Gasteiger charge is -2.17. The van der Waals surface area contributed by atoms with Crippen LogP contribution in [0.4, 0.5) is 0 Å². The van der Waals surface area contributed by atoms with Crippen LogP contribution >= 0.6 is 0 Å². The van der Waals surface area contributed by atoms with E-state index in [1.807, 2.05) is 49.4 Å². The molecule has 7 heteroatoms. The quantitative estimate of drug-likeness (QED) is 0.461. The number of nitrogens with zero attached hydrogens (tertiary/aromatic N) is 1. The Hall–Kier alpha value is -3.09. The molecule has 0 N–H and O–H groups in total. The predicted octanol–water partition coefficient (Wildman–Crippen LogP) is 4.53. The molecule has 29 heavy (non-hydrogen) atoms. The highest BCUT2D eigenvalue weighted by atomic mass is 16.8. The molecule has 0 aliphatic carbocycles. The van der Waals surface area contributed by atoms with Crippen LogP contribution in [0.2, 0.25) is 0 Å². The summed E-state index contributed by atoms with van der Waals surface area (Å²) in [6, 6.07) is 17.3. The summed E-state index contributed by atoms with van der Waals surface area (Å²) in [4.78, 5) is 27.6. The number of aliphatic imine (C=N–C) groups is 1. The molecule has 0 radical (unpaired) electrons. The van der Waals surface area contributed by atoms with Gasteiger partial charge in [0.15, 0.2) is 0 Å². The van der Waals surface area contributed by atoms with Crippen molar-refractivity contribution in [3.63, 3.8) is 0 Å². The van der Waals surface area contributed by atoms with E-state index in [1.165, 1.54) is 13.8 Å². The van der Waals surface area contributed by atoms with Gasteiger partial charge in [-0.3, -0.25) is 14.6 Å². The lowest BCUT2D eigenvalue weighted by Crippen LogP contribution is -2.34. The van der Waals surface area contributed by atoms with Crippen LogP contribution in [0.5, 0.6) is 5.75 Å². The molecular formula is C22H26BNO5. The summed E-state index contributed by atoms with van der Waals surface area (Å²) in [5.41, 5.74) is 2.74. The van der Waals surface area contributed by atoms with Gasteiger partial charge in [-0.15, -0.1) is 0 Å². The lowest BCUT2D eigenvalue weighted by atomic mass is 10.0. The van der Waals surface area contributed by atoms with Crippen LogP contribution in [0.3, 0.4) is 0 Å². The van der Waals surface area contributed by atoms with Gasteiger partial charge in [0.1, 0.15) is 5.75 Å². The average Bonchev–Trinajstić information content (AvgIpc) is 2.67. The second-order valence-corrected chi connectivity index (χ2v) is 6.53. The van der Waals surface area contributed by atoms with Crippen molar-refractivity contribution in [3.05, 3.63) is 65.7 Å². The predicted molar refractivity (Wildman–Crippen MR) is 113 cm³/mol. The molecule has 2 aromatic carbocycles. The number of para-hydroxylation sites is 1. The van der Waals surface area contributed by atoms with Crippen LogP contribution in [0.15, 0.2) is 59.6 Å². The Balaban J connectivity index is 2.36. The number of benzene rings is 2. The van der Waals surface area contributed by atoms with Crippen molar-refractivity contribution < 1.29 is 23.6 Å². The zero-order valence-corrected chi connectivity index (χ0v) is 17.3. The van der Waals surface area contributed by atoms with Gasteiger partial charge in [-0.25, -0.2) is 0 Å². The standard InChI is InChI=1S/C22H26BNO5/c1-5-11-21(24-16(2)19-12-7-6-8-13-19)20-14-9-10-15-22(20)29-23(27-17(3)25)28-18(4)26/h6-10,12-16H,5,11H2,1-4H3/t16-/m1/s1. The van der Waals surface area contributed by atoms with Crippen LogP contribution in [0.25, 0.3) is 0 Å². The van der Waals surface area contributed by atoms with E-state index in [4.69, 9.17) is 19.0 Å². The fraction of sp³-hybridized carbons (Fsp3) is 0.318. The Morgan fingerprint density at radius 3 is 2.14 bits per heavy atom. The van der Waals surface area contributed by atoms with Crippen molar-refractivity contribution in [1.82, 2.24) is 0 Å². The summed E-state index contributed by atoms with van der Waals surface area (Å²) in [6.07, 6.45) is 1.63. The second kappa shape index (κ2) is 11.0. The van der Waals surface area contributed by atoms with Gasteiger partial charge in [0, 0.05) is 25.1 Å². The highest BCUT2D eigenvalue weighted by molar-refractivity contribution is 6.42. The van der Waals surface area contributed by atoms with Crippen LogP contribution in [0, 0.1) is 0 Å². The average molecular weight is 395 g/mol. The first-order valence-corrected chi connectivity index (χ1v) is 9.62. The summed E-state index contributed by atoms with van der Waals surface area (Å²) < 4.78 is 15.6. The van der Waals surface area contributed by atoms with E-state index in [1.54, 1.807) is 12.1 Å². The third-order valence-electron chi connectivity index (χ3n) is 4.06. The van der Waals surface area contributed by atoms with Gasteiger partial charge in [-0.2, -0.15) is 0 Å². The maximum absolute atomic E-state index is 11.3. The SMILES string of the molecule is CCCC(=N[C@H](C)c1ccccc1)c1ccccc1OB(OC(C)=O)OC(C)=O. The molecule has 2 aromatic rings. The van der Waals surface area contributed by atoms with E-state index in [2.05, 4.69) is 6.92 Å². The van der Waals surface area contributed by atoms with Crippen molar-refractivity contribution in [3.8, 4) is 5.75 Å². The second-order valence-electron chi connectivity index (χ2n) is 6.53. The Bertz CT molecular complexity index is 837. The van der Waals surface area contributed by atoms with Crippen molar-refractivity contribution in [2.45, 2.75) is 46.6 Å². The molecule has 0 aromatic heterocycles. The Morgan fingerprint density at radius 2 is 1.55 bits per heavy atom. The van der Waals surface area contributed by atoms with Gasteiger partial charge >= 0.3 is 7.32 Å². The minimum Gasteiger partial charge on any atom is -0.489 e. The number of carbonyl (C=O) groups is 2. The molecule has 0 saturated carbocycles. The van der Waals surface area contributed by atoms with Crippen LogP contribution in [0.1, 0.15) is 57.7 Å².